The number of H-pyrrole nitrogens is 3. The number of benzene rings is 3. The number of thiazole rings is 2. The second kappa shape index (κ2) is 36.3. The van der Waals surface area contributed by atoms with Gasteiger partial charge in [-0.1, -0.05) is 29.8 Å². The second-order valence-corrected chi connectivity index (χ2v) is 34.7. The molecule has 0 spiro atoms. The van der Waals surface area contributed by atoms with Crippen molar-refractivity contribution in [1.82, 2.24) is 84.9 Å². The van der Waals surface area contributed by atoms with Gasteiger partial charge in [0.15, 0.2) is 16.8 Å². The van der Waals surface area contributed by atoms with Crippen LogP contribution in [0, 0.1) is 6.92 Å². The van der Waals surface area contributed by atoms with Crippen LogP contribution >= 0.6 is 45.6 Å². The number of hydrogen-bond acceptors (Lipinski definition) is 23. The van der Waals surface area contributed by atoms with Crippen molar-refractivity contribution in [3.63, 3.8) is 0 Å². The zero-order chi connectivity index (χ0) is 84.1. The van der Waals surface area contributed by atoms with E-state index in [1.54, 1.807) is 80.0 Å². The van der Waals surface area contributed by atoms with Gasteiger partial charge in [0.05, 0.1) is 36.2 Å². The van der Waals surface area contributed by atoms with Gasteiger partial charge in [0, 0.05) is 209 Å². The van der Waals surface area contributed by atoms with Crippen molar-refractivity contribution in [1.29, 1.82) is 0 Å². The molecular weight excluding hydrogens is 1620 g/mol. The highest BCUT2D eigenvalue weighted by Crippen LogP contribution is 2.42. The normalized spacial score (nSPS) is 20.1. The lowest BCUT2D eigenvalue weighted by molar-refractivity contribution is -0.138. The molecule has 3 atom stereocenters. The Kier molecular flexibility index (Phi) is 24.7. The summed E-state index contributed by atoms with van der Waals surface area (Å²) in [5, 5.41) is 45.1. The van der Waals surface area contributed by atoms with Crippen LogP contribution in [0.15, 0.2) is 168 Å². The molecule has 3 saturated heterocycles. The number of carbonyl (C=O) groups is 6. The van der Waals surface area contributed by atoms with E-state index in [0.717, 1.165) is 101 Å². The fourth-order valence-corrected chi connectivity index (χ4v) is 19.1. The van der Waals surface area contributed by atoms with E-state index >= 15 is 0 Å². The third kappa shape index (κ3) is 18.2. The summed E-state index contributed by atoms with van der Waals surface area (Å²) in [5.41, 5.74) is 13.6. The molecule has 0 bridgehead atoms. The number of pyridine rings is 3. The molecule has 6 aliphatic heterocycles. The zero-order valence-electron chi connectivity index (χ0n) is 68.0. The van der Waals surface area contributed by atoms with Gasteiger partial charge >= 0.3 is 0 Å². The molecule has 6 amide bonds. The first-order chi connectivity index (χ1) is 59.4. The number of nitrogens with zero attached hydrogens (tertiary/aromatic N) is 14. The molecule has 4 fully saturated rings. The van der Waals surface area contributed by atoms with Crippen LogP contribution in [0.3, 0.4) is 0 Å². The van der Waals surface area contributed by atoms with E-state index < -0.39 is 16.8 Å². The molecule has 1 saturated carbocycles. The molecular formula is C89H93ClN20O9S3. The predicted octanol–water partition coefficient (Wildman–Crippen LogP) is 12.7. The Morgan fingerprint density at radius 2 is 0.869 bits per heavy atom. The molecule has 7 aliphatic rings. The molecule has 0 radical (unpaired) electrons. The lowest BCUT2D eigenvalue weighted by Crippen LogP contribution is -2.48. The van der Waals surface area contributed by atoms with Crippen LogP contribution in [-0.4, -0.2) is 257 Å². The van der Waals surface area contributed by atoms with E-state index in [4.69, 9.17) is 25.8 Å². The highest BCUT2D eigenvalue weighted by Gasteiger charge is 2.49. The van der Waals surface area contributed by atoms with Crippen LogP contribution in [0.25, 0.3) is 83.2 Å². The Bertz CT molecular complexity index is 5730. The number of rotatable bonds is 22. The summed E-state index contributed by atoms with van der Waals surface area (Å²) < 4.78 is 17.4. The summed E-state index contributed by atoms with van der Waals surface area (Å²) in [6, 6.07) is 30.7. The van der Waals surface area contributed by atoms with E-state index in [1.165, 1.54) is 35.1 Å². The lowest BCUT2D eigenvalue weighted by Gasteiger charge is -2.29. The number of anilines is 3. The van der Waals surface area contributed by atoms with Crippen LogP contribution < -0.4 is 16.0 Å². The monoisotopic (exact) mass is 1720 g/mol. The molecule has 12 aromatic rings. The third-order valence-corrected chi connectivity index (χ3v) is 26.7. The molecule has 15 heterocycles. The van der Waals surface area contributed by atoms with E-state index in [-0.39, 0.29) is 55.1 Å². The molecule has 628 valence electrons. The van der Waals surface area contributed by atoms with Crippen molar-refractivity contribution in [2.24, 2.45) is 0 Å². The maximum atomic E-state index is 13.6. The molecule has 19 rings (SSSR count). The van der Waals surface area contributed by atoms with E-state index in [2.05, 4.69) is 113 Å². The molecule has 29 nitrogen and oxygen atoms in total. The molecule has 33 heteroatoms. The minimum absolute atomic E-state index is 0.0518. The summed E-state index contributed by atoms with van der Waals surface area (Å²) in [6.07, 6.45) is 21.5. The zero-order valence-corrected chi connectivity index (χ0v) is 71.2. The Morgan fingerprint density at radius 1 is 0.459 bits per heavy atom. The SMILES string of the molecule is COC1(C(=O)Nc2ccc3[nH]nc(-c4ccnc(C)c4)c3c2)CCN(CC(=O)N2CC=C(c3ccsc3)CC2)C1.CO[C@@]1(C(=O)Nc2ccc3[nH]nc(-c4ccnc(C5CC5)c4)c3c2)CCN(CC(=O)N2CC=C(c3nccs3)CC2)C1.CO[C@@]1(C(=O)Nc2ccc3[nH]nc(-c4ccnc(Cl)c4)c3c2)CCN(CC(=O)N2CC=C(c3nccs3)CC2)C1. The maximum Gasteiger partial charge on any atom is 0.258 e. The third-order valence-electron chi connectivity index (χ3n) is 24.1. The van der Waals surface area contributed by atoms with E-state index in [9.17, 15) is 28.8 Å². The summed E-state index contributed by atoms with van der Waals surface area (Å²) >= 11 is 11.0. The largest absolute Gasteiger partial charge is 0.367 e. The molecule has 3 aromatic carbocycles. The van der Waals surface area contributed by atoms with E-state index in [0.29, 0.717) is 132 Å². The smallest absolute Gasteiger partial charge is 0.258 e. The van der Waals surface area contributed by atoms with Crippen molar-refractivity contribution in [2.75, 3.05) is 135 Å². The highest BCUT2D eigenvalue weighted by atomic mass is 35.5. The average Bonchev–Trinajstić information content (AvgIpc) is 1.62. The van der Waals surface area contributed by atoms with Crippen LogP contribution in [0.2, 0.25) is 5.15 Å². The number of aromatic amines is 3. The van der Waals surface area contributed by atoms with Gasteiger partial charge in [-0.25, -0.2) is 15.0 Å². The van der Waals surface area contributed by atoms with Crippen LogP contribution in [0.4, 0.5) is 17.1 Å². The first-order valence-corrected chi connectivity index (χ1v) is 43.9. The van der Waals surface area contributed by atoms with Crippen molar-refractivity contribution < 1.29 is 43.0 Å². The summed E-state index contributed by atoms with van der Waals surface area (Å²) in [5.74, 6) is 0.0859. The number of amides is 6. The summed E-state index contributed by atoms with van der Waals surface area (Å²) in [7, 11) is 4.68. The average molecular weight is 1720 g/mol. The van der Waals surface area contributed by atoms with Gasteiger partial charge in [-0.2, -0.15) is 26.6 Å². The summed E-state index contributed by atoms with van der Waals surface area (Å²) in [6.45, 7) is 9.41. The van der Waals surface area contributed by atoms with Crippen molar-refractivity contribution in [3.8, 4) is 33.8 Å². The number of aryl methyl sites for hydroxylation is 1. The number of halogens is 1. The number of carbonyl (C=O) groups excluding carboxylic acids is 6. The number of methoxy groups -OCH3 is 3. The first kappa shape index (κ1) is 82.9. The number of thiophene rings is 1. The second-order valence-electron chi connectivity index (χ2n) is 31.8. The molecule has 1 aliphatic carbocycles. The van der Waals surface area contributed by atoms with Crippen LogP contribution in [0.5, 0.6) is 0 Å². The van der Waals surface area contributed by atoms with Crippen LogP contribution in [-0.2, 0) is 43.0 Å². The quantitative estimate of drug-likeness (QED) is 0.0343. The molecule has 122 heavy (non-hydrogen) atoms. The molecule has 1 unspecified atom stereocenters. The van der Waals surface area contributed by atoms with Crippen molar-refractivity contribution in [3.05, 3.63) is 200 Å². The Labute approximate surface area is 721 Å². The lowest BCUT2D eigenvalue weighted by atomic mass is 10.0. The van der Waals surface area contributed by atoms with Gasteiger partial charge in [0.1, 0.15) is 32.3 Å². The predicted molar refractivity (Wildman–Crippen MR) is 474 cm³/mol. The van der Waals surface area contributed by atoms with Crippen molar-refractivity contribution >= 4 is 148 Å². The van der Waals surface area contributed by atoms with E-state index in [1.807, 2.05) is 138 Å². The minimum atomic E-state index is -1.05. The van der Waals surface area contributed by atoms with Gasteiger partial charge in [0.25, 0.3) is 17.7 Å². The molecule has 9 aromatic heterocycles. The fourth-order valence-electron chi connectivity index (χ4n) is 16.8. The van der Waals surface area contributed by atoms with Gasteiger partial charge in [-0.3, -0.25) is 68.7 Å². The number of hydrogen-bond donors (Lipinski definition) is 6. The number of fused-ring (bicyclic) bond motifs is 3. The number of nitrogens with one attached hydrogen (secondary N) is 6. The van der Waals surface area contributed by atoms with Crippen molar-refractivity contribution in [2.45, 2.75) is 81.0 Å². The van der Waals surface area contributed by atoms with Gasteiger partial charge in [-0.15, -0.1) is 22.7 Å². The number of aromatic nitrogens is 11. The molecule has 6 N–H and O–H groups in total. The minimum Gasteiger partial charge on any atom is -0.367 e. The Balaban J connectivity index is 0.000000130. The Morgan fingerprint density at radius 3 is 1.24 bits per heavy atom. The number of likely N-dealkylation sites (tertiary alicyclic amines) is 3. The topological polar surface area (TPSA) is 336 Å². The van der Waals surface area contributed by atoms with Gasteiger partial charge in [0.2, 0.25) is 17.7 Å². The standard InChI is InChI=1S/C31H33N7O3S.C30H32N6O3S.C28H28ClN7O3S/c1-41-31(9-14-37(19-31)18-27(39)38-12-7-21(8-13-38)29-33-11-15-42-29)30(40)34-23-4-5-25-24(17-23)28(36-35-25)22-6-10-32-26(16-22)20-2-3-20;1-20-15-22(5-10-31-20)28-25-16-24(3-4-26(25)33-34-28)32-29(38)30(39-2)9-13-35(19-30)17-27(37)36-11-6-21(7-12-36)23-8-14-40-18-23;1-39-28(7-12-35(17-28)16-24(37)36-10-5-18(6-11-36)26-31-9-13-40-26)27(38)32-20-2-3-22-21(15-20)25(34-33-22)19-4-8-30-23(29)14-19/h4-7,10-11,15-17,20H,2-3,8-9,12-14,18-19H2,1H3,(H,34,40)(H,35,36);3-6,8,10,14-16,18H,7,9,11-13,17,19H2,1-2H3,(H,32,38)(H,33,34);2-5,8-9,13-15H,6-7,10-12,16-17H2,1H3,(H,32,38)(H,33,34)/t31-;;28-/m0.0/s1. The Hall–Kier alpha value is -11.4. The maximum absolute atomic E-state index is 13.6. The van der Waals surface area contributed by atoms with Gasteiger partial charge < -0.3 is 44.9 Å². The summed E-state index contributed by atoms with van der Waals surface area (Å²) in [4.78, 5) is 113. The fraction of sp³-hybridized carbons (Fsp3) is 0.348. The highest BCUT2D eigenvalue weighted by molar-refractivity contribution is 7.11. The first-order valence-electron chi connectivity index (χ1n) is 40.8. The van der Waals surface area contributed by atoms with Crippen LogP contribution in [0.1, 0.15) is 84.3 Å². The number of ether oxygens (including phenoxy) is 3. The van der Waals surface area contributed by atoms with Gasteiger partial charge in [-0.05, 0) is 188 Å².